The Balaban J connectivity index is 3.29. The Morgan fingerprint density at radius 3 is 2.56 bits per heavy atom. The molecular weight excluding hydrogens is 246 g/mol. The van der Waals surface area contributed by atoms with Crippen molar-refractivity contribution >= 4 is 11.8 Å². The summed E-state index contributed by atoms with van der Waals surface area (Å²) in [6, 6.07) is 0. The SMILES string of the molecule is CSCC(C)CNCC(O)COCCCC(C)C. The molecular formula is C14H31NO2S. The molecule has 2 atom stereocenters. The minimum atomic E-state index is -0.384. The van der Waals surface area contributed by atoms with E-state index in [1.807, 2.05) is 11.8 Å². The maximum atomic E-state index is 9.71. The monoisotopic (exact) mass is 277 g/mol. The van der Waals surface area contributed by atoms with Gasteiger partial charge in [0.2, 0.25) is 0 Å². The fourth-order valence-corrected chi connectivity index (χ4v) is 2.40. The molecule has 0 aliphatic carbocycles. The summed E-state index contributed by atoms with van der Waals surface area (Å²) in [5.41, 5.74) is 0. The van der Waals surface area contributed by atoms with Gasteiger partial charge in [0.25, 0.3) is 0 Å². The molecule has 0 aromatic carbocycles. The molecule has 0 saturated heterocycles. The highest BCUT2D eigenvalue weighted by molar-refractivity contribution is 7.98. The normalized spacial score (nSPS) is 15.0. The van der Waals surface area contributed by atoms with Gasteiger partial charge in [0, 0.05) is 13.2 Å². The molecule has 110 valence electrons. The van der Waals surface area contributed by atoms with Gasteiger partial charge >= 0.3 is 0 Å². The van der Waals surface area contributed by atoms with Crippen molar-refractivity contribution in [2.75, 3.05) is 38.3 Å². The van der Waals surface area contributed by atoms with Crippen molar-refractivity contribution in [3.63, 3.8) is 0 Å². The zero-order valence-electron chi connectivity index (χ0n) is 12.4. The number of aliphatic hydroxyl groups is 1. The zero-order chi connectivity index (χ0) is 13.8. The Morgan fingerprint density at radius 2 is 1.94 bits per heavy atom. The van der Waals surface area contributed by atoms with Crippen LogP contribution in [0.2, 0.25) is 0 Å². The van der Waals surface area contributed by atoms with Gasteiger partial charge < -0.3 is 15.2 Å². The van der Waals surface area contributed by atoms with Crippen LogP contribution in [0.25, 0.3) is 0 Å². The van der Waals surface area contributed by atoms with Gasteiger partial charge in [-0.05, 0) is 43.2 Å². The van der Waals surface area contributed by atoms with Crippen LogP contribution >= 0.6 is 11.8 Å². The van der Waals surface area contributed by atoms with Gasteiger partial charge in [-0.25, -0.2) is 0 Å². The van der Waals surface area contributed by atoms with E-state index in [1.54, 1.807) is 0 Å². The van der Waals surface area contributed by atoms with Crippen LogP contribution in [-0.2, 0) is 4.74 Å². The first-order valence-corrected chi connectivity index (χ1v) is 8.41. The second kappa shape index (κ2) is 12.3. The van der Waals surface area contributed by atoms with Crippen LogP contribution in [-0.4, -0.2) is 49.5 Å². The lowest BCUT2D eigenvalue weighted by atomic mass is 10.1. The first kappa shape index (κ1) is 18.2. The van der Waals surface area contributed by atoms with Crippen LogP contribution in [0.15, 0.2) is 0 Å². The summed E-state index contributed by atoms with van der Waals surface area (Å²) in [6.45, 7) is 9.45. The van der Waals surface area contributed by atoms with Gasteiger partial charge in [-0.3, -0.25) is 0 Å². The predicted molar refractivity (Wildman–Crippen MR) is 81.3 cm³/mol. The van der Waals surface area contributed by atoms with E-state index in [4.69, 9.17) is 4.74 Å². The minimum absolute atomic E-state index is 0.384. The summed E-state index contributed by atoms with van der Waals surface area (Å²) in [4.78, 5) is 0. The standard InChI is InChI=1S/C14H31NO2S/c1-12(2)6-5-7-17-10-14(16)9-15-8-13(3)11-18-4/h12-16H,5-11H2,1-4H3. The third-order valence-electron chi connectivity index (χ3n) is 2.70. The second-order valence-electron chi connectivity index (χ2n) is 5.48. The fourth-order valence-electron chi connectivity index (χ4n) is 1.71. The van der Waals surface area contributed by atoms with Gasteiger partial charge in [-0.2, -0.15) is 11.8 Å². The Hall–Kier alpha value is 0.230. The van der Waals surface area contributed by atoms with Crippen LogP contribution in [0, 0.1) is 11.8 Å². The molecule has 0 rings (SSSR count). The quantitative estimate of drug-likeness (QED) is 0.538. The van der Waals surface area contributed by atoms with E-state index in [0.717, 1.165) is 31.2 Å². The highest BCUT2D eigenvalue weighted by atomic mass is 32.2. The number of hydrogen-bond acceptors (Lipinski definition) is 4. The van der Waals surface area contributed by atoms with Crippen molar-refractivity contribution in [1.82, 2.24) is 5.32 Å². The van der Waals surface area contributed by atoms with E-state index in [1.165, 1.54) is 6.42 Å². The van der Waals surface area contributed by atoms with Crippen LogP contribution < -0.4 is 5.32 Å². The highest BCUT2D eigenvalue weighted by Gasteiger charge is 2.06. The van der Waals surface area contributed by atoms with Crippen LogP contribution in [0.3, 0.4) is 0 Å². The zero-order valence-corrected chi connectivity index (χ0v) is 13.3. The predicted octanol–water partition coefficient (Wildman–Crippen LogP) is 2.39. The van der Waals surface area contributed by atoms with E-state index in [0.29, 0.717) is 19.1 Å². The number of hydrogen-bond donors (Lipinski definition) is 2. The molecule has 3 nitrogen and oxygen atoms in total. The lowest BCUT2D eigenvalue weighted by Crippen LogP contribution is -2.33. The maximum absolute atomic E-state index is 9.71. The van der Waals surface area contributed by atoms with Crippen LogP contribution in [0.1, 0.15) is 33.6 Å². The van der Waals surface area contributed by atoms with Crippen LogP contribution in [0.5, 0.6) is 0 Å². The van der Waals surface area contributed by atoms with Crippen molar-refractivity contribution in [3.05, 3.63) is 0 Å². The largest absolute Gasteiger partial charge is 0.389 e. The molecule has 0 aromatic rings. The molecule has 0 bridgehead atoms. The molecule has 2 unspecified atom stereocenters. The van der Waals surface area contributed by atoms with Crippen molar-refractivity contribution < 1.29 is 9.84 Å². The summed E-state index contributed by atoms with van der Waals surface area (Å²) in [7, 11) is 0. The molecule has 18 heavy (non-hydrogen) atoms. The Morgan fingerprint density at radius 1 is 1.22 bits per heavy atom. The topological polar surface area (TPSA) is 41.5 Å². The Kier molecular flexibility index (Phi) is 12.4. The highest BCUT2D eigenvalue weighted by Crippen LogP contribution is 2.04. The van der Waals surface area contributed by atoms with E-state index in [2.05, 4.69) is 32.3 Å². The Bertz CT molecular complexity index is 179. The van der Waals surface area contributed by atoms with Crippen molar-refractivity contribution in [2.45, 2.75) is 39.7 Å². The van der Waals surface area contributed by atoms with E-state index in [9.17, 15) is 5.11 Å². The molecule has 2 N–H and O–H groups in total. The van der Waals surface area contributed by atoms with Gasteiger partial charge in [0.1, 0.15) is 0 Å². The number of aliphatic hydroxyl groups excluding tert-OH is 1. The minimum Gasteiger partial charge on any atom is -0.389 e. The molecule has 0 amide bonds. The third kappa shape index (κ3) is 12.7. The lowest BCUT2D eigenvalue weighted by molar-refractivity contribution is 0.0346. The first-order chi connectivity index (χ1) is 8.56. The van der Waals surface area contributed by atoms with Gasteiger partial charge in [-0.15, -0.1) is 0 Å². The average Bonchev–Trinajstić information content (AvgIpc) is 2.28. The van der Waals surface area contributed by atoms with Crippen LogP contribution in [0.4, 0.5) is 0 Å². The summed E-state index contributed by atoms with van der Waals surface area (Å²) in [5, 5.41) is 13.0. The smallest absolute Gasteiger partial charge is 0.0897 e. The number of thioether (sulfide) groups is 1. The average molecular weight is 277 g/mol. The number of ether oxygens (including phenoxy) is 1. The second-order valence-corrected chi connectivity index (χ2v) is 6.39. The maximum Gasteiger partial charge on any atom is 0.0897 e. The first-order valence-electron chi connectivity index (χ1n) is 7.01. The molecule has 0 aliphatic heterocycles. The van der Waals surface area contributed by atoms with E-state index in [-0.39, 0.29) is 6.10 Å². The summed E-state index contributed by atoms with van der Waals surface area (Å²) in [5.74, 6) is 2.55. The molecule has 0 aliphatic rings. The fraction of sp³-hybridized carbons (Fsp3) is 1.00. The lowest BCUT2D eigenvalue weighted by Gasteiger charge is -2.15. The van der Waals surface area contributed by atoms with Gasteiger partial charge in [0.15, 0.2) is 0 Å². The summed E-state index contributed by atoms with van der Waals surface area (Å²) >= 11 is 1.86. The number of rotatable bonds is 12. The molecule has 0 aromatic heterocycles. The van der Waals surface area contributed by atoms with Crippen molar-refractivity contribution in [1.29, 1.82) is 0 Å². The van der Waals surface area contributed by atoms with E-state index >= 15 is 0 Å². The number of nitrogens with one attached hydrogen (secondary N) is 1. The molecule has 0 saturated carbocycles. The molecule has 0 fully saturated rings. The summed E-state index contributed by atoms with van der Waals surface area (Å²) in [6.07, 6.45) is 4.02. The van der Waals surface area contributed by atoms with Gasteiger partial charge in [0.05, 0.1) is 12.7 Å². The summed E-state index contributed by atoms with van der Waals surface area (Å²) < 4.78 is 5.46. The van der Waals surface area contributed by atoms with Gasteiger partial charge in [-0.1, -0.05) is 20.8 Å². The molecule has 0 spiro atoms. The van der Waals surface area contributed by atoms with E-state index < -0.39 is 0 Å². The third-order valence-corrected chi connectivity index (χ3v) is 3.61. The Labute approximate surface area is 117 Å². The molecule has 0 heterocycles. The molecule has 0 radical (unpaired) electrons. The van der Waals surface area contributed by atoms with Crippen molar-refractivity contribution in [2.24, 2.45) is 11.8 Å². The van der Waals surface area contributed by atoms with Crippen molar-refractivity contribution in [3.8, 4) is 0 Å². The molecule has 4 heteroatoms.